The van der Waals surface area contributed by atoms with Crippen LogP contribution in [0.5, 0.6) is 0 Å². The van der Waals surface area contributed by atoms with E-state index in [2.05, 4.69) is 24.0 Å². The van der Waals surface area contributed by atoms with Crippen molar-refractivity contribution in [3.05, 3.63) is 34.9 Å². The first-order valence-electron chi connectivity index (χ1n) is 10.6. The van der Waals surface area contributed by atoms with Gasteiger partial charge >= 0.3 is 0 Å². The molecule has 152 valence electrons. The van der Waals surface area contributed by atoms with Crippen molar-refractivity contribution in [3.63, 3.8) is 0 Å². The summed E-state index contributed by atoms with van der Waals surface area (Å²) in [5, 5.41) is 0. The number of hydrogen-bond donors (Lipinski definition) is 0. The van der Waals surface area contributed by atoms with Crippen molar-refractivity contribution >= 4 is 11.8 Å². The summed E-state index contributed by atoms with van der Waals surface area (Å²) in [5.74, 6) is 0.233. The zero-order valence-electron chi connectivity index (χ0n) is 17.0. The lowest BCUT2D eigenvalue weighted by Gasteiger charge is -2.44. The van der Waals surface area contributed by atoms with Gasteiger partial charge in [-0.05, 0) is 56.0 Å². The summed E-state index contributed by atoms with van der Waals surface area (Å²) >= 11 is 0. The van der Waals surface area contributed by atoms with Gasteiger partial charge in [0.05, 0.1) is 13.2 Å². The van der Waals surface area contributed by atoms with Crippen LogP contribution in [-0.4, -0.2) is 85.0 Å². The molecule has 6 nitrogen and oxygen atoms in total. The second-order valence-electron chi connectivity index (χ2n) is 8.25. The van der Waals surface area contributed by atoms with Crippen molar-refractivity contribution in [1.29, 1.82) is 0 Å². The fraction of sp³-hybridized carbons (Fsp3) is 0.636. The van der Waals surface area contributed by atoms with Gasteiger partial charge in [-0.3, -0.25) is 14.5 Å². The first kappa shape index (κ1) is 19.4. The standard InChI is InChI=1S/C22H31N3O3/c1-3-19-14-24(21(26)18-8-7-16-5-4-6-17(16)13-18)9-10-25(19)22(27)20-15-28-12-11-23(20)2/h7-8,13,19-20H,3-6,9-12,14-15H2,1-2H3. The van der Waals surface area contributed by atoms with Crippen molar-refractivity contribution in [2.45, 2.75) is 44.7 Å². The number of hydrogen-bond acceptors (Lipinski definition) is 4. The van der Waals surface area contributed by atoms with E-state index in [0.29, 0.717) is 32.8 Å². The van der Waals surface area contributed by atoms with Crippen LogP contribution in [0.25, 0.3) is 0 Å². The highest BCUT2D eigenvalue weighted by molar-refractivity contribution is 5.95. The Balaban J connectivity index is 1.44. The summed E-state index contributed by atoms with van der Waals surface area (Å²) in [5.41, 5.74) is 3.50. The Morgan fingerprint density at radius 2 is 1.96 bits per heavy atom. The van der Waals surface area contributed by atoms with Crippen LogP contribution < -0.4 is 0 Å². The SMILES string of the molecule is CCC1CN(C(=O)c2ccc3c(c2)CCC3)CCN1C(=O)C1COCCN1C. The van der Waals surface area contributed by atoms with Crippen LogP contribution in [0.3, 0.4) is 0 Å². The minimum atomic E-state index is -0.207. The van der Waals surface area contributed by atoms with E-state index in [1.807, 2.05) is 22.9 Å². The van der Waals surface area contributed by atoms with Crippen molar-refractivity contribution in [3.8, 4) is 0 Å². The van der Waals surface area contributed by atoms with Crippen LogP contribution in [0.1, 0.15) is 41.3 Å². The molecule has 28 heavy (non-hydrogen) atoms. The number of aryl methyl sites for hydroxylation is 2. The molecule has 0 spiro atoms. The molecule has 0 radical (unpaired) electrons. The van der Waals surface area contributed by atoms with E-state index in [4.69, 9.17) is 4.74 Å². The summed E-state index contributed by atoms with van der Waals surface area (Å²) < 4.78 is 5.53. The van der Waals surface area contributed by atoms with E-state index < -0.39 is 0 Å². The minimum Gasteiger partial charge on any atom is -0.378 e. The third-order valence-electron chi connectivity index (χ3n) is 6.55. The van der Waals surface area contributed by atoms with Crippen LogP contribution in [0, 0.1) is 0 Å². The summed E-state index contributed by atoms with van der Waals surface area (Å²) in [6, 6.07) is 6.03. The number of benzene rings is 1. The van der Waals surface area contributed by atoms with E-state index in [-0.39, 0.29) is 23.9 Å². The predicted molar refractivity (Wildman–Crippen MR) is 107 cm³/mol. The number of ether oxygens (including phenoxy) is 1. The molecule has 0 saturated carbocycles. The number of amides is 2. The number of morpholine rings is 1. The molecule has 2 aliphatic heterocycles. The second kappa shape index (κ2) is 8.21. The minimum absolute atomic E-state index is 0.0648. The number of carbonyl (C=O) groups excluding carboxylic acids is 2. The molecule has 2 heterocycles. The average molecular weight is 386 g/mol. The molecule has 1 aliphatic carbocycles. The fourth-order valence-electron chi connectivity index (χ4n) is 4.70. The number of rotatable bonds is 3. The molecule has 3 aliphatic rings. The number of likely N-dealkylation sites (N-methyl/N-ethyl adjacent to an activating group) is 1. The molecular weight excluding hydrogens is 354 g/mol. The van der Waals surface area contributed by atoms with E-state index in [9.17, 15) is 9.59 Å². The molecule has 2 saturated heterocycles. The molecule has 0 aromatic heterocycles. The molecule has 0 N–H and O–H groups in total. The van der Waals surface area contributed by atoms with Gasteiger partial charge < -0.3 is 14.5 Å². The summed E-state index contributed by atoms with van der Waals surface area (Å²) in [6.07, 6.45) is 4.23. The third-order valence-corrected chi connectivity index (χ3v) is 6.55. The van der Waals surface area contributed by atoms with Gasteiger partial charge in [-0.15, -0.1) is 0 Å². The van der Waals surface area contributed by atoms with Crippen LogP contribution in [0.4, 0.5) is 0 Å². The Morgan fingerprint density at radius 3 is 2.75 bits per heavy atom. The lowest BCUT2D eigenvalue weighted by Crippen LogP contribution is -2.61. The molecule has 2 fully saturated rings. The van der Waals surface area contributed by atoms with Crippen LogP contribution >= 0.6 is 0 Å². The van der Waals surface area contributed by atoms with Crippen LogP contribution in [0.2, 0.25) is 0 Å². The van der Waals surface area contributed by atoms with Gasteiger partial charge in [0.1, 0.15) is 6.04 Å². The Hall–Kier alpha value is -1.92. The monoisotopic (exact) mass is 385 g/mol. The largest absolute Gasteiger partial charge is 0.378 e. The fourth-order valence-corrected chi connectivity index (χ4v) is 4.70. The summed E-state index contributed by atoms with van der Waals surface area (Å²) in [7, 11) is 1.99. The Bertz CT molecular complexity index is 751. The van der Waals surface area contributed by atoms with Crippen molar-refractivity contribution in [2.24, 2.45) is 0 Å². The zero-order valence-corrected chi connectivity index (χ0v) is 17.0. The topological polar surface area (TPSA) is 53.1 Å². The number of nitrogens with zero attached hydrogens (tertiary/aromatic N) is 3. The van der Waals surface area contributed by atoms with Crippen LogP contribution in [-0.2, 0) is 22.4 Å². The molecule has 2 unspecified atom stereocenters. The molecule has 4 rings (SSSR count). The molecule has 6 heteroatoms. The molecule has 0 bridgehead atoms. The predicted octanol–water partition coefficient (Wildman–Crippen LogP) is 1.57. The Morgan fingerprint density at radius 1 is 1.14 bits per heavy atom. The highest BCUT2D eigenvalue weighted by Gasteiger charge is 2.37. The van der Waals surface area contributed by atoms with Gasteiger partial charge in [-0.1, -0.05) is 13.0 Å². The summed E-state index contributed by atoms with van der Waals surface area (Å²) in [6.45, 7) is 5.81. The third kappa shape index (κ3) is 3.67. The highest BCUT2D eigenvalue weighted by atomic mass is 16.5. The number of piperazine rings is 1. The number of fused-ring (bicyclic) bond motifs is 1. The molecule has 2 amide bonds. The normalized spacial score (nSPS) is 25.6. The van der Waals surface area contributed by atoms with Gasteiger partial charge in [-0.2, -0.15) is 0 Å². The Labute approximate surface area is 167 Å². The second-order valence-corrected chi connectivity index (χ2v) is 8.25. The average Bonchev–Trinajstić information content (AvgIpc) is 3.20. The van der Waals surface area contributed by atoms with Crippen molar-refractivity contribution in [2.75, 3.05) is 46.4 Å². The Kier molecular flexibility index (Phi) is 5.69. The van der Waals surface area contributed by atoms with E-state index in [0.717, 1.165) is 31.4 Å². The molecule has 2 atom stereocenters. The van der Waals surface area contributed by atoms with E-state index in [1.54, 1.807) is 0 Å². The van der Waals surface area contributed by atoms with Crippen molar-refractivity contribution in [1.82, 2.24) is 14.7 Å². The maximum atomic E-state index is 13.1. The van der Waals surface area contributed by atoms with Gasteiger partial charge in [-0.25, -0.2) is 0 Å². The maximum Gasteiger partial charge on any atom is 0.253 e. The first-order chi connectivity index (χ1) is 13.6. The molecule has 1 aromatic carbocycles. The summed E-state index contributed by atoms with van der Waals surface area (Å²) in [4.78, 5) is 32.2. The smallest absolute Gasteiger partial charge is 0.253 e. The van der Waals surface area contributed by atoms with Gasteiger partial charge in [0.25, 0.3) is 5.91 Å². The maximum absolute atomic E-state index is 13.1. The van der Waals surface area contributed by atoms with E-state index in [1.165, 1.54) is 17.5 Å². The van der Waals surface area contributed by atoms with E-state index >= 15 is 0 Å². The van der Waals surface area contributed by atoms with Crippen molar-refractivity contribution < 1.29 is 14.3 Å². The van der Waals surface area contributed by atoms with Crippen LogP contribution in [0.15, 0.2) is 18.2 Å². The van der Waals surface area contributed by atoms with Gasteiger partial charge in [0.15, 0.2) is 0 Å². The zero-order chi connectivity index (χ0) is 19.7. The molecule has 1 aromatic rings. The first-order valence-corrected chi connectivity index (χ1v) is 10.6. The highest BCUT2D eigenvalue weighted by Crippen LogP contribution is 2.24. The molecular formula is C22H31N3O3. The lowest BCUT2D eigenvalue weighted by atomic mass is 10.0. The van der Waals surface area contributed by atoms with Gasteiger partial charge in [0, 0.05) is 37.8 Å². The number of carbonyl (C=O) groups is 2. The van der Waals surface area contributed by atoms with Gasteiger partial charge in [0.2, 0.25) is 5.91 Å². The lowest BCUT2D eigenvalue weighted by molar-refractivity contribution is -0.146. The quantitative estimate of drug-likeness (QED) is 0.793.